The maximum Gasteiger partial charge on any atom is 0.263 e. The number of aryl methyl sites for hydroxylation is 1. The maximum atomic E-state index is 11.7. The van der Waals surface area contributed by atoms with Crippen LogP contribution in [0.15, 0.2) is 42.6 Å². The number of nitrogens with one attached hydrogen (secondary N) is 1. The van der Waals surface area contributed by atoms with Gasteiger partial charge in [0, 0.05) is 9.77 Å². The number of ether oxygens (including phenoxy) is 1. The van der Waals surface area contributed by atoms with Crippen LogP contribution in [0.1, 0.15) is 5.56 Å². The molecule has 2 aromatic rings. The normalized spacial score (nSPS) is 10.0. The fourth-order valence-corrected chi connectivity index (χ4v) is 1.82. The van der Waals surface area contributed by atoms with Gasteiger partial charge in [0.25, 0.3) is 5.91 Å². The zero-order valence-corrected chi connectivity index (χ0v) is 12.5. The molecule has 0 aliphatic carbocycles. The molecular weight excluding hydrogens is 355 g/mol. The van der Waals surface area contributed by atoms with Crippen molar-refractivity contribution in [2.24, 2.45) is 0 Å². The van der Waals surface area contributed by atoms with E-state index in [2.05, 4.69) is 32.9 Å². The van der Waals surface area contributed by atoms with Crippen LogP contribution in [0.5, 0.6) is 5.75 Å². The van der Waals surface area contributed by atoms with Crippen molar-refractivity contribution < 1.29 is 9.53 Å². The standard InChI is InChI=1S/C14H13IN2O2/c1-10-6-7-16-13(8-10)17-14(18)9-19-12-4-2-11(15)3-5-12/h2-8H,9H2,1H3,(H,16,17,18). The summed E-state index contributed by atoms with van der Waals surface area (Å²) in [6.07, 6.45) is 1.66. The molecule has 1 N–H and O–H groups in total. The van der Waals surface area contributed by atoms with Crippen LogP contribution in [0.25, 0.3) is 0 Å². The lowest BCUT2D eigenvalue weighted by atomic mass is 10.3. The number of rotatable bonds is 4. The van der Waals surface area contributed by atoms with Gasteiger partial charge in [0.15, 0.2) is 6.61 Å². The van der Waals surface area contributed by atoms with Gasteiger partial charge in [-0.2, -0.15) is 0 Å². The van der Waals surface area contributed by atoms with Crippen molar-refractivity contribution in [2.75, 3.05) is 11.9 Å². The van der Waals surface area contributed by atoms with Gasteiger partial charge in [-0.05, 0) is 71.5 Å². The molecule has 5 heteroatoms. The fraction of sp³-hybridized carbons (Fsp3) is 0.143. The Morgan fingerprint density at radius 2 is 2.05 bits per heavy atom. The SMILES string of the molecule is Cc1ccnc(NC(=O)COc2ccc(I)cc2)c1. The number of hydrogen-bond acceptors (Lipinski definition) is 3. The van der Waals surface area contributed by atoms with Crippen molar-refractivity contribution in [3.63, 3.8) is 0 Å². The molecule has 4 nitrogen and oxygen atoms in total. The molecule has 0 fully saturated rings. The van der Waals surface area contributed by atoms with Crippen molar-refractivity contribution in [3.05, 3.63) is 51.7 Å². The van der Waals surface area contributed by atoms with Crippen LogP contribution in [-0.4, -0.2) is 17.5 Å². The summed E-state index contributed by atoms with van der Waals surface area (Å²) in [5.74, 6) is 0.987. The first-order chi connectivity index (χ1) is 9.13. The van der Waals surface area contributed by atoms with E-state index in [-0.39, 0.29) is 12.5 Å². The second-order valence-corrected chi connectivity index (χ2v) is 5.25. The number of pyridine rings is 1. The summed E-state index contributed by atoms with van der Waals surface area (Å²) in [5.41, 5.74) is 1.05. The van der Waals surface area contributed by atoms with Crippen molar-refractivity contribution in [2.45, 2.75) is 6.92 Å². The van der Waals surface area contributed by atoms with Gasteiger partial charge in [0.05, 0.1) is 0 Å². The molecule has 0 spiro atoms. The molecule has 0 bridgehead atoms. The molecule has 0 aliphatic rings. The number of halogens is 1. The van der Waals surface area contributed by atoms with Crippen LogP contribution < -0.4 is 10.1 Å². The Kier molecular flexibility index (Phi) is 4.73. The predicted molar refractivity (Wildman–Crippen MR) is 82.3 cm³/mol. The highest BCUT2D eigenvalue weighted by Crippen LogP contribution is 2.13. The van der Waals surface area contributed by atoms with Crippen LogP contribution in [0.4, 0.5) is 5.82 Å². The molecule has 0 saturated carbocycles. The minimum absolute atomic E-state index is 0.0315. The summed E-state index contributed by atoms with van der Waals surface area (Å²) in [6, 6.07) is 11.2. The lowest BCUT2D eigenvalue weighted by Crippen LogP contribution is -2.20. The summed E-state index contributed by atoms with van der Waals surface area (Å²) in [6.45, 7) is 1.91. The van der Waals surface area contributed by atoms with Gasteiger partial charge in [-0.3, -0.25) is 4.79 Å². The second-order valence-electron chi connectivity index (χ2n) is 4.01. The van der Waals surface area contributed by atoms with Crippen molar-refractivity contribution in [1.82, 2.24) is 4.98 Å². The van der Waals surface area contributed by atoms with E-state index in [0.717, 1.165) is 9.13 Å². The van der Waals surface area contributed by atoms with E-state index in [1.807, 2.05) is 43.3 Å². The number of amides is 1. The Hall–Kier alpha value is -1.63. The average Bonchev–Trinajstić information content (AvgIpc) is 2.38. The van der Waals surface area contributed by atoms with Crippen molar-refractivity contribution in [3.8, 4) is 5.75 Å². The highest BCUT2D eigenvalue weighted by molar-refractivity contribution is 14.1. The van der Waals surface area contributed by atoms with Gasteiger partial charge in [-0.1, -0.05) is 0 Å². The number of hydrogen-bond donors (Lipinski definition) is 1. The van der Waals surface area contributed by atoms with Crippen LogP contribution in [0.3, 0.4) is 0 Å². The van der Waals surface area contributed by atoms with Gasteiger partial charge >= 0.3 is 0 Å². The fourth-order valence-electron chi connectivity index (χ4n) is 1.46. The summed E-state index contributed by atoms with van der Waals surface area (Å²) >= 11 is 2.21. The van der Waals surface area contributed by atoms with E-state index in [1.54, 1.807) is 6.20 Å². The number of nitrogens with zero attached hydrogens (tertiary/aromatic N) is 1. The quantitative estimate of drug-likeness (QED) is 0.845. The first-order valence-corrected chi connectivity index (χ1v) is 6.82. The van der Waals surface area contributed by atoms with Crippen LogP contribution in [0, 0.1) is 10.5 Å². The minimum atomic E-state index is -0.225. The topological polar surface area (TPSA) is 51.2 Å². The van der Waals surface area contributed by atoms with E-state index in [1.165, 1.54) is 0 Å². The Morgan fingerprint density at radius 1 is 1.32 bits per heavy atom. The monoisotopic (exact) mass is 368 g/mol. The third-order valence-electron chi connectivity index (χ3n) is 2.37. The molecule has 19 heavy (non-hydrogen) atoms. The van der Waals surface area contributed by atoms with Gasteiger partial charge < -0.3 is 10.1 Å². The van der Waals surface area contributed by atoms with E-state index in [4.69, 9.17) is 4.74 Å². The summed E-state index contributed by atoms with van der Waals surface area (Å²) < 4.78 is 6.51. The molecule has 0 saturated heterocycles. The number of benzene rings is 1. The number of anilines is 1. The van der Waals surface area contributed by atoms with Gasteiger partial charge in [0.1, 0.15) is 11.6 Å². The molecule has 0 atom stereocenters. The number of carbonyl (C=O) groups is 1. The van der Waals surface area contributed by atoms with E-state index in [9.17, 15) is 4.79 Å². The molecule has 1 aromatic carbocycles. The first kappa shape index (κ1) is 13.8. The van der Waals surface area contributed by atoms with E-state index < -0.39 is 0 Å². The largest absolute Gasteiger partial charge is 0.484 e. The zero-order valence-electron chi connectivity index (χ0n) is 10.4. The van der Waals surface area contributed by atoms with Crippen molar-refractivity contribution in [1.29, 1.82) is 0 Å². The zero-order chi connectivity index (χ0) is 13.7. The average molecular weight is 368 g/mol. The summed E-state index contributed by atoms with van der Waals surface area (Å²) in [5, 5.41) is 2.69. The molecule has 1 amide bonds. The highest BCUT2D eigenvalue weighted by Gasteiger charge is 2.04. The number of aromatic nitrogens is 1. The van der Waals surface area contributed by atoms with Gasteiger partial charge in [-0.25, -0.2) is 4.98 Å². The Morgan fingerprint density at radius 3 is 2.74 bits per heavy atom. The lowest BCUT2D eigenvalue weighted by Gasteiger charge is -2.07. The molecule has 98 valence electrons. The van der Waals surface area contributed by atoms with Crippen molar-refractivity contribution >= 4 is 34.3 Å². The van der Waals surface area contributed by atoms with Gasteiger partial charge in [-0.15, -0.1) is 0 Å². The molecule has 0 radical (unpaired) electrons. The molecule has 1 heterocycles. The third kappa shape index (κ3) is 4.51. The Labute approximate surface area is 125 Å². The lowest BCUT2D eigenvalue weighted by molar-refractivity contribution is -0.118. The summed E-state index contributed by atoms with van der Waals surface area (Å²) in [7, 11) is 0. The van der Waals surface area contributed by atoms with Crippen LogP contribution >= 0.6 is 22.6 Å². The Bertz CT molecular complexity index is 570. The molecule has 0 aliphatic heterocycles. The minimum Gasteiger partial charge on any atom is -0.484 e. The van der Waals surface area contributed by atoms with E-state index in [0.29, 0.717) is 11.6 Å². The smallest absolute Gasteiger partial charge is 0.263 e. The molecule has 0 unspecified atom stereocenters. The van der Waals surface area contributed by atoms with Crippen LogP contribution in [0.2, 0.25) is 0 Å². The molecular formula is C14H13IN2O2. The number of carbonyl (C=O) groups excluding carboxylic acids is 1. The summed E-state index contributed by atoms with van der Waals surface area (Å²) in [4.78, 5) is 15.7. The predicted octanol–water partition coefficient (Wildman–Crippen LogP) is 3.01. The Balaban J connectivity index is 1.86. The van der Waals surface area contributed by atoms with E-state index >= 15 is 0 Å². The highest BCUT2D eigenvalue weighted by atomic mass is 127. The van der Waals surface area contributed by atoms with Gasteiger partial charge in [0.2, 0.25) is 0 Å². The second kappa shape index (κ2) is 6.51. The molecule has 1 aromatic heterocycles. The van der Waals surface area contributed by atoms with Crippen LogP contribution in [-0.2, 0) is 4.79 Å². The maximum absolute atomic E-state index is 11.7. The first-order valence-electron chi connectivity index (χ1n) is 5.74. The third-order valence-corrected chi connectivity index (χ3v) is 3.09. The molecule has 2 rings (SSSR count).